The number of ether oxygens (including phenoxy) is 2. The third kappa shape index (κ3) is 6.89. The number of rotatable bonds is 8. The molecule has 1 heterocycles. The van der Waals surface area contributed by atoms with Crippen molar-refractivity contribution in [2.24, 2.45) is 5.73 Å². The van der Waals surface area contributed by atoms with Gasteiger partial charge < -0.3 is 15.2 Å². The standard InChI is InChI=1S/C14H28N2O3/c1-3-18-14(17)7-5-4-6-8-16-9-10-19-13(11-16)12(2)15/h12-13H,3-11,15H2,1-2H3. The highest BCUT2D eigenvalue weighted by molar-refractivity contribution is 5.69. The number of nitrogens with zero attached hydrogens (tertiary/aromatic N) is 1. The first-order chi connectivity index (χ1) is 9.13. The lowest BCUT2D eigenvalue weighted by atomic mass is 10.1. The van der Waals surface area contributed by atoms with Crippen molar-refractivity contribution in [1.82, 2.24) is 4.90 Å². The minimum absolute atomic E-state index is 0.0779. The number of esters is 1. The number of unbranched alkanes of at least 4 members (excludes halogenated alkanes) is 2. The normalized spacial score (nSPS) is 22.2. The van der Waals surface area contributed by atoms with Crippen LogP contribution < -0.4 is 5.73 Å². The topological polar surface area (TPSA) is 64.8 Å². The second kappa shape index (κ2) is 9.28. The van der Waals surface area contributed by atoms with Crippen molar-refractivity contribution in [1.29, 1.82) is 0 Å². The molecule has 2 N–H and O–H groups in total. The molecule has 0 amide bonds. The minimum atomic E-state index is -0.0779. The third-order valence-corrected chi connectivity index (χ3v) is 3.42. The lowest BCUT2D eigenvalue weighted by molar-refractivity contribution is -0.143. The molecule has 5 nitrogen and oxygen atoms in total. The van der Waals surface area contributed by atoms with Crippen LogP contribution in [0.4, 0.5) is 0 Å². The number of morpholine rings is 1. The van der Waals surface area contributed by atoms with E-state index in [-0.39, 0.29) is 18.1 Å². The summed E-state index contributed by atoms with van der Waals surface area (Å²) in [5.41, 5.74) is 5.86. The molecule has 0 aromatic heterocycles. The Morgan fingerprint density at radius 1 is 1.47 bits per heavy atom. The van der Waals surface area contributed by atoms with Crippen LogP contribution in [0.3, 0.4) is 0 Å². The molecular formula is C14H28N2O3. The fourth-order valence-electron chi connectivity index (χ4n) is 2.27. The summed E-state index contributed by atoms with van der Waals surface area (Å²) in [6.45, 7) is 8.06. The fourth-order valence-corrected chi connectivity index (χ4v) is 2.27. The molecular weight excluding hydrogens is 244 g/mol. The molecule has 1 rings (SSSR count). The maximum atomic E-state index is 11.2. The molecule has 0 aromatic rings. The van der Waals surface area contributed by atoms with Crippen molar-refractivity contribution < 1.29 is 14.3 Å². The molecule has 2 unspecified atom stereocenters. The summed E-state index contributed by atoms with van der Waals surface area (Å²) in [6, 6.07) is 0.0895. The lowest BCUT2D eigenvalue weighted by Gasteiger charge is -2.34. The van der Waals surface area contributed by atoms with Crippen LogP contribution in [0.1, 0.15) is 39.5 Å². The first-order valence-corrected chi connectivity index (χ1v) is 7.38. The molecule has 0 saturated carbocycles. The largest absolute Gasteiger partial charge is 0.466 e. The van der Waals surface area contributed by atoms with Gasteiger partial charge in [0.05, 0.1) is 19.3 Å². The Labute approximate surface area is 116 Å². The van der Waals surface area contributed by atoms with Gasteiger partial charge in [0.1, 0.15) is 0 Å². The van der Waals surface area contributed by atoms with Gasteiger partial charge in [-0.1, -0.05) is 6.42 Å². The molecule has 0 radical (unpaired) electrons. The van der Waals surface area contributed by atoms with E-state index >= 15 is 0 Å². The lowest BCUT2D eigenvalue weighted by Crippen LogP contribution is -2.49. The van der Waals surface area contributed by atoms with Crippen molar-refractivity contribution in [2.75, 3.05) is 32.8 Å². The van der Waals surface area contributed by atoms with Crippen LogP contribution >= 0.6 is 0 Å². The van der Waals surface area contributed by atoms with Gasteiger partial charge in [-0.05, 0) is 33.2 Å². The Bertz CT molecular complexity index is 259. The van der Waals surface area contributed by atoms with Gasteiger partial charge in [0.2, 0.25) is 0 Å². The van der Waals surface area contributed by atoms with Gasteiger partial charge in [-0.2, -0.15) is 0 Å². The van der Waals surface area contributed by atoms with Crippen LogP contribution in [-0.4, -0.2) is 55.9 Å². The average Bonchev–Trinajstić information content (AvgIpc) is 2.39. The molecule has 0 bridgehead atoms. The van der Waals surface area contributed by atoms with Crippen LogP contribution in [-0.2, 0) is 14.3 Å². The predicted molar refractivity (Wildman–Crippen MR) is 74.9 cm³/mol. The van der Waals surface area contributed by atoms with Gasteiger partial charge in [0.25, 0.3) is 0 Å². The van der Waals surface area contributed by atoms with Crippen molar-refractivity contribution in [3.05, 3.63) is 0 Å². The molecule has 0 aliphatic carbocycles. The van der Waals surface area contributed by atoms with E-state index in [9.17, 15) is 4.79 Å². The molecule has 5 heteroatoms. The fraction of sp³-hybridized carbons (Fsp3) is 0.929. The molecule has 0 spiro atoms. The Kier molecular flexibility index (Phi) is 8.02. The maximum Gasteiger partial charge on any atom is 0.305 e. The summed E-state index contributed by atoms with van der Waals surface area (Å²) in [5.74, 6) is -0.0779. The Morgan fingerprint density at radius 3 is 2.95 bits per heavy atom. The van der Waals surface area contributed by atoms with E-state index in [1.807, 2.05) is 13.8 Å². The van der Waals surface area contributed by atoms with Crippen LogP contribution in [0.15, 0.2) is 0 Å². The molecule has 1 fully saturated rings. The molecule has 1 aliphatic rings. The van der Waals surface area contributed by atoms with Gasteiger partial charge in [-0.15, -0.1) is 0 Å². The second-order valence-electron chi connectivity index (χ2n) is 5.18. The summed E-state index contributed by atoms with van der Waals surface area (Å²) < 4.78 is 10.5. The van der Waals surface area contributed by atoms with Crippen molar-refractivity contribution in [3.63, 3.8) is 0 Å². The monoisotopic (exact) mass is 272 g/mol. The van der Waals surface area contributed by atoms with E-state index < -0.39 is 0 Å². The van der Waals surface area contributed by atoms with Gasteiger partial charge in [0.15, 0.2) is 0 Å². The van der Waals surface area contributed by atoms with Crippen LogP contribution in [0.2, 0.25) is 0 Å². The number of nitrogens with two attached hydrogens (primary N) is 1. The molecule has 112 valence electrons. The molecule has 19 heavy (non-hydrogen) atoms. The Morgan fingerprint density at radius 2 is 2.26 bits per heavy atom. The van der Waals surface area contributed by atoms with Crippen LogP contribution in [0.25, 0.3) is 0 Å². The van der Waals surface area contributed by atoms with E-state index in [0.717, 1.165) is 45.5 Å². The SMILES string of the molecule is CCOC(=O)CCCCCN1CCOC(C(C)N)C1. The quantitative estimate of drug-likeness (QED) is 0.530. The van der Waals surface area contributed by atoms with Gasteiger partial charge in [-0.3, -0.25) is 9.69 Å². The summed E-state index contributed by atoms with van der Waals surface area (Å²) in [4.78, 5) is 13.6. The zero-order valence-corrected chi connectivity index (χ0v) is 12.3. The van der Waals surface area contributed by atoms with Crippen molar-refractivity contribution in [3.8, 4) is 0 Å². The maximum absolute atomic E-state index is 11.2. The molecule has 0 aromatic carbocycles. The summed E-state index contributed by atoms with van der Waals surface area (Å²) in [7, 11) is 0. The third-order valence-electron chi connectivity index (χ3n) is 3.42. The van der Waals surface area contributed by atoms with Crippen LogP contribution in [0.5, 0.6) is 0 Å². The highest BCUT2D eigenvalue weighted by Crippen LogP contribution is 2.10. The second-order valence-corrected chi connectivity index (χ2v) is 5.18. The zero-order chi connectivity index (χ0) is 14.1. The van der Waals surface area contributed by atoms with Gasteiger partial charge >= 0.3 is 5.97 Å². The smallest absolute Gasteiger partial charge is 0.305 e. The first kappa shape index (κ1) is 16.4. The van der Waals surface area contributed by atoms with Gasteiger partial charge in [0, 0.05) is 25.6 Å². The van der Waals surface area contributed by atoms with E-state index in [1.165, 1.54) is 0 Å². The summed E-state index contributed by atoms with van der Waals surface area (Å²) >= 11 is 0. The van der Waals surface area contributed by atoms with E-state index in [2.05, 4.69) is 4.90 Å². The highest BCUT2D eigenvalue weighted by Gasteiger charge is 2.22. The van der Waals surface area contributed by atoms with E-state index in [1.54, 1.807) is 0 Å². The molecule has 2 atom stereocenters. The highest BCUT2D eigenvalue weighted by atomic mass is 16.5. The predicted octanol–water partition coefficient (Wildman–Crippen LogP) is 1.16. The Hall–Kier alpha value is -0.650. The Balaban J connectivity index is 2.04. The average molecular weight is 272 g/mol. The molecule has 1 saturated heterocycles. The van der Waals surface area contributed by atoms with E-state index in [0.29, 0.717) is 13.0 Å². The van der Waals surface area contributed by atoms with E-state index in [4.69, 9.17) is 15.2 Å². The molecule has 1 aliphatic heterocycles. The van der Waals surface area contributed by atoms with Crippen molar-refractivity contribution >= 4 is 5.97 Å². The summed E-state index contributed by atoms with van der Waals surface area (Å²) in [6.07, 6.45) is 3.80. The summed E-state index contributed by atoms with van der Waals surface area (Å²) in [5, 5.41) is 0. The number of carbonyl (C=O) groups is 1. The first-order valence-electron chi connectivity index (χ1n) is 7.38. The zero-order valence-electron chi connectivity index (χ0n) is 12.3. The number of hydrogen-bond donors (Lipinski definition) is 1. The van der Waals surface area contributed by atoms with Crippen LogP contribution in [0, 0.1) is 0 Å². The van der Waals surface area contributed by atoms with Gasteiger partial charge in [-0.25, -0.2) is 0 Å². The number of carbonyl (C=O) groups excluding carboxylic acids is 1. The van der Waals surface area contributed by atoms with Crippen molar-refractivity contribution in [2.45, 2.75) is 51.7 Å². The minimum Gasteiger partial charge on any atom is -0.466 e. The number of hydrogen-bond acceptors (Lipinski definition) is 5.